The molecule has 0 unspecified atom stereocenters. The van der Waals surface area contributed by atoms with E-state index in [1.165, 1.54) is 0 Å². The number of hydrogen-bond donors (Lipinski definition) is 4. The summed E-state index contributed by atoms with van der Waals surface area (Å²) in [5, 5.41) is 0. The quantitative estimate of drug-likeness (QED) is 0.366. The fourth-order valence-electron chi connectivity index (χ4n) is 0. The minimum Gasteiger partial charge on any atom is -0.310 e. The number of rotatable bonds is 0. The minimum absolute atomic E-state index is 0. The molecule has 76 valence electrons. The Morgan fingerprint density at radius 2 is 0.538 bits per heavy atom. The Balaban J connectivity index is -0.0000000213. The van der Waals surface area contributed by atoms with E-state index >= 15 is 0 Å². The molecular formula is H4O8P4Ru+4. The van der Waals surface area contributed by atoms with E-state index in [4.69, 9.17) is 37.8 Å². The van der Waals surface area contributed by atoms with Gasteiger partial charge >= 0.3 is 54.2 Å². The summed E-state index contributed by atoms with van der Waals surface area (Å²) in [4.78, 5) is 27.9. The van der Waals surface area contributed by atoms with Crippen molar-refractivity contribution in [3.8, 4) is 0 Å². The normalized spacial score (nSPS) is 6.46. The van der Waals surface area contributed by atoms with Crippen molar-refractivity contribution in [3.05, 3.63) is 0 Å². The molecular weight excluding hydrogens is 353 g/mol. The molecule has 0 saturated heterocycles. The second-order valence-corrected chi connectivity index (χ2v) is 0.980. The van der Waals surface area contributed by atoms with E-state index in [2.05, 4.69) is 0 Å². The molecule has 8 nitrogen and oxygen atoms in total. The van der Waals surface area contributed by atoms with Gasteiger partial charge < -0.3 is 19.6 Å². The van der Waals surface area contributed by atoms with Crippen LogP contribution in [0.5, 0.6) is 0 Å². The average molecular weight is 357 g/mol. The van der Waals surface area contributed by atoms with Crippen LogP contribution in [-0.2, 0) is 37.7 Å². The molecule has 0 bridgehead atoms. The molecule has 0 amide bonds. The molecule has 13 heavy (non-hydrogen) atoms. The molecule has 0 rings (SSSR count). The van der Waals surface area contributed by atoms with Crippen LogP contribution in [0.15, 0.2) is 0 Å². The van der Waals surface area contributed by atoms with Gasteiger partial charge in [-0.05, 0) is 0 Å². The first kappa shape index (κ1) is 29.2. The predicted molar refractivity (Wildman–Crippen MR) is 39.3 cm³/mol. The van der Waals surface area contributed by atoms with Gasteiger partial charge in [0.1, 0.15) is 0 Å². The summed E-state index contributed by atoms with van der Waals surface area (Å²) in [6, 6.07) is 0. The largest absolute Gasteiger partial charge is 4.00 e. The molecule has 0 radical (unpaired) electrons. The van der Waals surface area contributed by atoms with Crippen LogP contribution in [0.2, 0.25) is 0 Å². The molecule has 0 saturated carbocycles. The Bertz CT molecular complexity index is 70.1. The monoisotopic (exact) mass is 358 g/mol. The maximum atomic E-state index is 8.46. The van der Waals surface area contributed by atoms with E-state index in [1.54, 1.807) is 0 Å². The molecule has 0 aromatic rings. The van der Waals surface area contributed by atoms with Gasteiger partial charge in [0.15, 0.2) is 0 Å². The summed E-state index contributed by atoms with van der Waals surface area (Å²) < 4.78 is 33.8. The van der Waals surface area contributed by atoms with E-state index in [9.17, 15) is 0 Å². The molecule has 0 aromatic carbocycles. The maximum Gasteiger partial charge on any atom is 4.00 e. The Morgan fingerprint density at radius 3 is 0.538 bits per heavy atom. The van der Waals surface area contributed by atoms with E-state index in [-0.39, 0.29) is 19.5 Å². The van der Waals surface area contributed by atoms with Crippen LogP contribution in [-0.4, -0.2) is 19.6 Å². The minimum atomic E-state index is -0.833. The van der Waals surface area contributed by atoms with E-state index < -0.39 is 34.7 Å². The molecule has 4 N–H and O–H groups in total. The van der Waals surface area contributed by atoms with E-state index in [0.717, 1.165) is 0 Å². The van der Waals surface area contributed by atoms with Gasteiger partial charge in [-0.25, -0.2) is 18.3 Å². The van der Waals surface area contributed by atoms with Gasteiger partial charge in [-0.15, -0.1) is 0 Å². The SMILES string of the molecule is O=PO.O=PO.O=PO.O=PO.[Ru+4]. The first-order valence-electron chi connectivity index (χ1n) is 1.53. The first-order chi connectivity index (χ1) is 5.66. The summed E-state index contributed by atoms with van der Waals surface area (Å²) in [7, 11) is -3.33. The third-order valence-corrected chi connectivity index (χ3v) is 0. The molecule has 0 aromatic heterocycles. The Kier molecular flexibility index (Phi) is 172. The zero-order valence-corrected chi connectivity index (χ0v) is 10.9. The summed E-state index contributed by atoms with van der Waals surface area (Å²) in [6.07, 6.45) is 0. The smallest absolute Gasteiger partial charge is 0.310 e. The zero-order valence-electron chi connectivity index (χ0n) is 5.56. The van der Waals surface area contributed by atoms with Gasteiger partial charge in [0.2, 0.25) is 0 Å². The summed E-state index contributed by atoms with van der Waals surface area (Å²) in [5.41, 5.74) is 0. The van der Waals surface area contributed by atoms with E-state index in [1.807, 2.05) is 0 Å². The second-order valence-electron chi connectivity index (χ2n) is 0.327. The summed E-state index contributed by atoms with van der Waals surface area (Å²) >= 11 is 0. The molecule has 0 aliphatic carbocycles. The Hall–Kier alpha value is 0.863. The van der Waals surface area contributed by atoms with Crippen LogP contribution in [0.25, 0.3) is 0 Å². The van der Waals surface area contributed by atoms with Crippen LogP contribution >= 0.6 is 34.7 Å². The third kappa shape index (κ3) is 2040. The van der Waals surface area contributed by atoms with Crippen LogP contribution in [0.3, 0.4) is 0 Å². The Morgan fingerprint density at radius 1 is 0.538 bits per heavy atom. The summed E-state index contributed by atoms with van der Waals surface area (Å²) in [5.74, 6) is 0. The predicted octanol–water partition coefficient (Wildman–Crippen LogP) is 0.739. The van der Waals surface area contributed by atoms with E-state index in [0.29, 0.717) is 0 Å². The third-order valence-electron chi connectivity index (χ3n) is 0. The first-order valence-corrected chi connectivity index (χ1v) is 4.59. The molecule has 0 atom stereocenters. The van der Waals surface area contributed by atoms with Crippen LogP contribution in [0.4, 0.5) is 0 Å². The fourth-order valence-corrected chi connectivity index (χ4v) is 0. The number of hydrogen-bond acceptors (Lipinski definition) is 4. The molecule has 0 aliphatic heterocycles. The van der Waals surface area contributed by atoms with Gasteiger partial charge in [0.05, 0.1) is 0 Å². The van der Waals surface area contributed by atoms with Crippen molar-refractivity contribution in [2.75, 3.05) is 0 Å². The van der Waals surface area contributed by atoms with Crippen LogP contribution in [0, 0.1) is 0 Å². The molecule has 0 heterocycles. The summed E-state index contributed by atoms with van der Waals surface area (Å²) in [6.45, 7) is 0. The fraction of sp³-hybridized carbons (Fsp3) is 0. The van der Waals surface area contributed by atoms with Gasteiger partial charge in [0.25, 0.3) is 0 Å². The molecule has 13 heteroatoms. The molecule has 0 aliphatic rings. The van der Waals surface area contributed by atoms with Crippen molar-refractivity contribution in [1.82, 2.24) is 0 Å². The van der Waals surface area contributed by atoms with Crippen molar-refractivity contribution in [2.45, 2.75) is 0 Å². The van der Waals surface area contributed by atoms with Gasteiger partial charge in [0, 0.05) is 0 Å². The second kappa shape index (κ2) is 76.5. The van der Waals surface area contributed by atoms with Crippen molar-refractivity contribution in [3.63, 3.8) is 0 Å². The standard InChI is InChI=1S/4HO2P.Ru/c4*1-3-2;/h4*(H,1,2);/q;;;;+4. The van der Waals surface area contributed by atoms with Crippen molar-refractivity contribution in [1.29, 1.82) is 0 Å². The van der Waals surface area contributed by atoms with Gasteiger partial charge in [-0.2, -0.15) is 0 Å². The van der Waals surface area contributed by atoms with Crippen LogP contribution < -0.4 is 0 Å². The Labute approximate surface area is 92.3 Å². The zero-order chi connectivity index (χ0) is 10.8. The van der Waals surface area contributed by atoms with Gasteiger partial charge in [-0.1, -0.05) is 0 Å². The van der Waals surface area contributed by atoms with Crippen molar-refractivity contribution in [2.24, 2.45) is 0 Å². The molecule has 0 spiro atoms. The topological polar surface area (TPSA) is 149 Å². The average Bonchev–Trinajstić information content (AvgIpc) is 1.92. The maximum absolute atomic E-state index is 8.46. The van der Waals surface area contributed by atoms with Crippen LogP contribution in [0.1, 0.15) is 0 Å². The van der Waals surface area contributed by atoms with Crippen molar-refractivity contribution < 1.29 is 57.3 Å². The van der Waals surface area contributed by atoms with Gasteiger partial charge in [-0.3, -0.25) is 0 Å². The van der Waals surface area contributed by atoms with Crippen molar-refractivity contribution >= 4 is 34.7 Å². The molecule has 0 fully saturated rings.